The minimum absolute atomic E-state index is 0.0649. The van der Waals surface area contributed by atoms with E-state index in [2.05, 4.69) is 4.98 Å². The Morgan fingerprint density at radius 3 is 2.83 bits per heavy atom. The van der Waals surface area contributed by atoms with E-state index in [-0.39, 0.29) is 18.9 Å². The number of nitrogen functional groups attached to an aromatic ring is 1. The topological polar surface area (TPSA) is 88.7 Å². The van der Waals surface area contributed by atoms with Crippen molar-refractivity contribution in [2.24, 2.45) is 0 Å². The van der Waals surface area contributed by atoms with Gasteiger partial charge >= 0.3 is 0 Å². The summed E-state index contributed by atoms with van der Waals surface area (Å²) in [6, 6.07) is 3.43. The van der Waals surface area contributed by atoms with Crippen LogP contribution < -0.4 is 5.73 Å². The van der Waals surface area contributed by atoms with E-state index in [1.807, 2.05) is 0 Å². The van der Waals surface area contributed by atoms with Crippen LogP contribution in [0.1, 0.15) is 5.69 Å². The van der Waals surface area contributed by atoms with Gasteiger partial charge < -0.3 is 20.5 Å². The summed E-state index contributed by atoms with van der Waals surface area (Å²) in [5.74, 6) is -0.0848. The van der Waals surface area contributed by atoms with E-state index in [1.54, 1.807) is 24.1 Å². The molecular weight excluding hydrogens is 234 g/mol. The highest BCUT2D eigenvalue weighted by Crippen LogP contribution is 2.04. The second-order valence-corrected chi connectivity index (χ2v) is 3.86. The Labute approximate surface area is 106 Å². The van der Waals surface area contributed by atoms with Gasteiger partial charge in [-0.3, -0.25) is 9.78 Å². The van der Waals surface area contributed by atoms with Gasteiger partial charge in [0.1, 0.15) is 0 Å². The van der Waals surface area contributed by atoms with Crippen molar-refractivity contribution >= 4 is 11.6 Å². The molecule has 1 aromatic heterocycles. The molecule has 100 valence electrons. The third-order valence-corrected chi connectivity index (χ3v) is 2.47. The van der Waals surface area contributed by atoms with Crippen molar-refractivity contribution in [1.82, 2.24) is 9.88 Å². The van der Waals surface area contributed by atoms with Crippen molar-refractivity contribution in [3.63, 3.8) is 0 Å². The summed E-state index contributed by atoms with van der Waals surface area (Å²) < 4.78 is 4.93. The van der Waals surface area contributed by atoms with E-state index >= 15 is 0 Å². The third kappa shape index (κ3) is 4.68. The number of carbonyl (C=O) groups excluding carboxylic acids is 1. The minimum Gasteiger partial charge on any atom is -0.397 e. The molecule has 6 nitrogen and oxygen atoms in total. The van der Waals surface area contributed by atoms with Crippen LogP contribution in [0.25, 0.3) is 0 Å². The predicted molar refractivity (Wildman–Crippen MR) is 67.9 cm³/mol. The molecule has 0 fully saturated rings. The molecule has 0 aromatic carbocycles. The number of aliphatic hydroxyl groups excluding tert-OH is 1. The standard InChI is InChI=1S/C12H19N3O3/c1-18-7-5-15(4-6-16)12(17)8-11-3-2-10(13)9-14-11/h2-3,9,16H,4-8,13H2,1H3. The molecule has 1 aromatic rings. The molecule has 0 aliphatic heterocycles. The van der Waals surface area contributed by atoms with Gasteiger partial charge in [-0.1, -0.05) is 0 Å². The quantitative estimate of drug-likeness (QED) is 0.695. The van der Waals surface area contributed by atoms with Crippen molar-refractivity contribution in [3.05, 3.63) is 24.0 Å². The first kappa shape index (κ1) is 14.4. The summed E-state index contributed by atoms with van der Waals surface area (Å²) in [6.45, 7) is 1.15. The lowest BCUT2D eigenvalue weighted by atomic mass is 10.2. The summed E-state index contributed by atoms with van der Waals surface area (Å²) in [5, 5.41) is 8.92. The first-order chi connectivity index (χ1) is 8.67. The number of nitrogens with zero attached hydrogens (tertiary/aromatic N) is 2. The number of hydrogen-bond donors (Lipinski definition) is 2. The number of carbonyl (C=O) groups is 1. The van der Waals surface area contributed by atoms with Crippen molar-refractivity contribution in [2.45, 2.75) is 6.42 Å². The van der Waals surface area contributed by atoms with Crippen LogP contribution in [0.15, 0.2) is 18.3 Å². The van der Waals surface area contributed by atoms with E-state index in [4.69, 9.17) is 15.6 Å². The Hall–Kier alpha value is -1.66. The van der Waals surface area contributed by atoms with E-state index in [0.717, 1.165) is 0 Å². The highest BCUT2D eigenvalue weighted by molar-refractivity contribution is 5.78. The number of anilines is 1. The molecule has 0 radical (unpaired) electrons. The fraction of sp³-hybridized carbons (Fsp3) is 0.500. The van der Waals surface area contributed by atoms with Crippen LogP contribution in [0.4, 0.5) is 5.69 Å². The maximum absolute atomic E-state index is 12.0. The lowest BCUT2D eigenvalue weighted by molar-refractivity contribution is -0.131. The van der Waals surface area contributed by atoms with Gasteiger partial charge in [-0.2, -0.15) is 0 Å². The maximum Gasteiger partial charge on any atom is 0.228 e. The fourth-order valence-corrected chi connectivity index (χ4v) is 1.49. The molecule has 0 saturated heterocycles. The Morgan fingerprint density at radius 1 is 1.50 bits per heavy atom. The first-order valence-electron chi connectivity index (χ1n) is 5.75. The summed E-state index contributed by atoms with van der Waals surface area (Å²) in [6.07, 6.45) is 1.72. The Morgan fingerprint density at radius 2 is 2.28 bits per heavy atom. The smallest absolute Gasteiger partial charge is 0.228 e. The molecule has 0 spiro atoms. The number of methoxy groups -OCH3 is 1. The average Bonchev–Trinajstić information content (AvgIpc) is 2.37. The summed E-state index contributed by atoms with van der Waals surface area (Å²) in [4.78, 5) is 17.6. The first-order valence-corrected chi connectivity index (χ1v) is 5.75. The number of ether oxygens (including phenoxy) is 1. The highest BCUT2D eigenvalue weighted by atomic mass is 16.5. The molecule has 1 amide bonds. The number of amides is 1. The van der Waals surface area contributed by atoms with Crippen LogP contribution in [0.5, 0.6) is 0 Å². The molecule has 1 heterocycles. The molecule has 0 aliphatic rings. The van der Waals surface area contributed by atoms with Crippen molar-refractivity contribution < 1.29 is 14.6 Å². The second-order valence-electron chi connectivity index (χ2n) is 3.86. The lowest BCUT2D eigenvalue weighted by Gasteiger charge is -2.21. The van der Waals surface area contributed by atoms with E-state index < -0.39 is 0 Å². The van der Waals surface area contributed by atoms with Crippen molar-refractivity contribution in [3.8, 4) is 0 Å². The number of pyridine rings is 1. The van der Waals surface area contributed by atoms with Crippen LogP contribution in [-0.2, 0) is 16.0 Å². The van der Waals surface area contributed by atoms with Gasteiger partial charge in [0.15, 0.2) is 0 Å². The van der Waals surface area contributed by atoms with Crippen molar-refractivity contribution in [1.29, 1.82) is 0 Å². The van der Waals surface area contributed by atoms with Gasteiger partial charge in [-0.05, 0) is 12.1 Å². The summed E-state index contributed by atoms with van der Waals surface area (Å²) in [5.41, 5.74) is 6.75. The molecule has 18 heavy (non-hydrogen) atoms. The van der Waals surface area contributed by atoms with Gasteiger partial charge in [0.25, 0.3) is 0 Å². The third-order valence-electron chi connectivity index (χ3n) is 2.47. The molecule has 1 rings (SSSR count). The number of aromatic nitrogens is 1. The zero-order chi connectivity index (χ0) is 13.4. The molecule has 0 unspecified atom stereocenters. The monoisotopic (exact) mass is 253 g/mol. The molecule has 3 N–H and O–H groups in total. The summed E-state index contributed by atoms with van der Waals surface area (Å²) in [7, 11) is 1.57. The van der Waals surface area contributed by atoms with Gasteiger partial charge in [-0.25, -0.2) is 0 Å². The van der Waals surface area contributed by atoms with Gasteiger partial charge in [0.2, 0.25) is 5.91 Å². The van der Waals surface area contributed by atoms with E-state index in [0.29, 0.717) is 31.1 Å². The van der Waals surface area contributed by atoms with Crippen LogP contribution >= 0.6 is 0 Å². The number of nitrogens with two attached hydrogens (primary N) is 1. The van der Waals surface area contributed by atoms with E-state index in [1.165, 1.54) is 6.20 Å². The molecule has 0 atom stereocenters. The largest absolute Gasteiger partial charge is 0.397 e. The fourth-order valence-electron chi connectivity index (χ4n) is 1.49. The maximum atomic E-state index is 12.0. The Balaban J connectivity index is 2.57. The molecule has 0 aliphatic carbocycles. The molecule has 6 heteroatoms. The van der Waals surface area contributed by atoms with Crippen LogP contribution in [-0.4, -0.2) is 54.3 Å². The number of aliphatic hydroxyl groups is 1. The van der Waals surface area contributed by atoms with E-state index in [9.17, 15) is 4.79 Å². The molecular formula is C12H19N3O3. The zero-order valence-corrected chi connectivity index (χ0v) is 10.5. The van der Waals surface area contributed by atoms with Gasteiger partial charge in [0, 0.05) is 25.9 Å². The Kier molecular flexibility index (Phi) is 6.10. The summed E-state index contributed by atoms with van der Waals surface area (Å²) >= 11 is 0. The normalized spacial score (nSPS) is 10.3. The number of hydrogen-bond acceptors (Lipinski definition) is 5. The van der Waals surface area contributed by atoms with Gasteiger partial charge in [0.05, 0.1) is 31.5 Å². The lowest BCUT2D eigenvalue weighted by Crippen LogP contribution is -2.37. The van der Waals surface area contributed by atoms with Crippen LogP contribution in [0.3, 0.4) is 0 Å². The number of rotatable bonds is 7. The zero-order valence-electron chi connectivity index (χ0n) is 10.5. The average molecular weight is 253 g/mol. The molecule has 0 saturated carbocycles. The minimum atomic E-state index is -0.0848. The highest BCUT2D eigenvalue weighted by Gasteiger charge is 2.13. The van der Waals surface area contributed by atoms with Gasteiger partial charge in [-0.15, -0.1) is 0 Å². The van der Waals surface area contributed by atoms with Crippen LogP contribution in [0, 0.1) is 0 Å². The predicted octanol–water partition coefficient (Wildman–Crippen LogP) is -0.326. The second kappa shape index (κ2) is 7.62. The van der Waals surface area contributed by atoms with Crippen molar-refractivity contribution in [2.75, 3.05) is 39.1 Å². The Bertz CT molecular complexity index is 367. The van der Waals surface area contributed by atoms with Crippen LogP contribution in [0.2, 0.25) is 0 Å². The SMILES string of the molecule is COCCN(CCO)C(=O)Cc1ccc(N)cn1. The molecule has 0 bridgehead atoms.